The molecule has 1 saturated heterocycles. The van der Waals surface area contributed by atoms with Crippen LogP contribution in [0.2, 0.25) is 0 Å². The number of phenols is 1. The third kappa shape index (κ3) is 3.38. The fourth-order valence-electron chi connectivity index (χ4n) is 1.98. The summed E-state index contributed by atoms with van der Waals surface area (Å²) in [5.74, 6) is -0.00879. The number of aryl methyl sites for hydroxylation is 1. The highest BCUT2D eigenvalue weighted by Gasteiger charge is 2.23. The number of nitrogens with one attached hydrogen (secondary N) is 1. The molecule has 22 heavy (non-hydrogen) atoms. The molecule has 0 spiro atoms. The number of carbonyl (C=O) groups excluding carboxylic acids is 1. The standard InChI is InChI=1S/C17H14N2O2S/c1-11-5-7-13(8-6-11)18-17-19-16(21)15(22-17)10-12-3-2-4-14(20)9-12/h2-10,20H,1H3,(H,18,19,21)/b15-10-. The summed E-state index contributed by atoms with van der Waals surface area (Å²) >= 11 is 1.29. The quantitative estimate of drug-likeness (QED) is 0.833. The van der Waals surface area contributed by atoms with Crippen LogP contribution in [0.15, 0.2) is 58.4 Å². The average molecular weight is 310 g/mol. The molecule has 2 aromatic rings. The van der Waals surface area contributed by atoms with Gasteiger partial charge in [0.25, 0.3) is 5.91 Å². The van der Waals surface area contributed by atoms with Gasteiger partial charge in [-0.3, -0.25) is 4.79 Å². The lowest BCUT2D eigenvalue weighted by Gasteiger charge is -1.97. The van der Waals surface area contributed by atoms with Gasteiger partial charge in [-0.05, 0) is 54.6 Å². The van der Waals surface area contributed by atoms with Gasteiger partial charge >= 0.3 is 0 Å². The maximum absolute atomic E-state index is 12.0. The Balaban J connectivity index is 1.82. The van der Waals surface area contributed by atoms with Crippen molar-refractivity contribution >= 4 is 34.6 Å². The number of aliphatic imine (C=N–C) groups is 1. The molecule has 0 saturated carbocycles. The molecular weight excluding hydrogens is 296 g/mol. The zero-order chi connectivity index (χ0) is 15.5. The zero-order valence-corrected chi connectivity index (χ0v) is 12.7. The van der Waals surface area contributed by atoms with E-state index < -0.39 is 0 Å². The van der Waals surface area contributed by atoms with Crippen molar-refractivity contribution in [1.82, 2.24) is 5.32 Å². The first-order chi connectivity index (χ1) is 10.6. The van der Waals surface area contributed by atoms with Gasteiger partial charge in [0.05, 0.1) is 10.6 Å². The first kappa shape index (κ1) is 14.4. The molecule has 0 aromatic heterocycles. The molecular formula is C17H14N2O2S. The number of thioether (sulfide) groups is 1. The molecule has 2 aromatic carbocycles. The van der Waals surface area contributed by atoms with E-state index in [1.54, 1.807) is 24.3 Å². The van der Waals surface area contributed by atoms with E-state index in [-0.39, 0.29) is 11.7 Å². The normalized spacial score (nSPS) is 18.0. The predicted molar refractivity (Wildman–Crippen MR) is 90.1 cm³/mol. The lowest BCUT2D eigenvalue weighted by atomic mass is 10.2. The Bertz CT molecular complexity index is 780. The Morgan fingerprint density at radius 1 is 1.18 bits per heavy atom. The average Bonchev–Trinajstić information content (AvgIpc) is 2.81. The van der Waals surface area contributed by atoms with E-state index in [0.717, 1.165) is 16.8 Å². The second-order valence-electron chi connectivity index (χ2n) is 4.91. The summed E-state index contributed by atoms with van der Waals surface area (Å²) < 4.78 is 0. The third-order valence-corrected chi connectivity index (χ3v) is 3.99. The molecule has 110 valence electrons. The number of hydrogen-bond donors (Lipinski definition) is 2. The smallest absolute Gasteiger partial charge is 0.264 e. The van der Waals surface area contributed by atoms with E-state index in [4.69, 9.17) is 0 Å². The largest absolute Gasteiger partial charge is 0.508 e. The van der Waals surface area contributed by atoms with E-state index >= 15 is 0 Å². The number of phenolic OH excluding ortho intramolecular Hbond substituents is 1. The Kier molecular flexibility index (Phi) is 3.98. The Labute approximate surface area is 132 Å². The van der Waals surface area contributed by atoms with Crippen LogP contribution < -0.4 is 5.32 Å². The minimum Gasteiger partial charge on any atom is -0.508 e. The molecule has 4 nitrogen and oxygen atoms in total. The second kappa shape index (κ2) is 6.07. The van der Waals surface area contributed by atoms with Crippen LogP contribution in [-0.2, 0) is 4.79 Å². The fourth-order valence-corrected chi connectivity index (χ4v) is 2.82. The second-order valence-corrected chi connectivity index (χ2v) is 5.94. The summed E-state index contributed by atoms with van der Waals surface area (Å²) in [5.41, 5.74) is 2.73. The van der Waals surface area contributed by atoms with Crippen LogP contribution in [0.1, 0.15) is 11.1 Å². The number of aromatic hydroxyl groups is 1. The maximum Gasteiger partial charge on any atom is 0.264 e. The van der Waals surface area contributed by atoms with Gasteiger partial charge in [0, 0.05) is 0 Å². The van der Waals surface area contributed by atoms with Gasteiger partial charge in [-0.25, -0.2) is 4.99 Å². The van der Waals surface area contributed by atoms with Crippen LogP contribution in [0.5, 0.6) is 5.75 Å². The lowest BCUT2D eigenvalue weighted by Crippen LogP contribution is -2.19. The number of carbonyl (C=O) groups is 1. The number of amidine groups is 1. The van der Waals surface area contributed by atoms with Gasteiger partial charge in [-0.2, -0.15) is 0 Å². The molecule has 5 heteroatoms. The zero-order valence-electron chi connectivity index (χ0n) is 11.9. The summed E-state index contributed by atoms with van der Waals surface area (Å²) in [4.78, 5) is 16.9. The summed E-state index contributed by atoms with van der Waals surface area (Å²) in [6, 6.07) is 14.5. The highest BCUT2D eigenvalue weighted by molar-refractivity contribution is 8.18. The monoisotopic (exact) mass is 310 g/mol. The first-order valence-electron chi connectivity index (χ1n) is 6.75. The Morgan fingerprint density at radius 2 is 1.95 bits per heavy atom. The van der Waals surface area contributed by atoms with Gasteiger partial charge < -0.3 is 10.4 Å². The maximum atomic E-state index is 12.0. The molecule has 1 amide bonds. The Hall–Kier alpha value is -2.53. The lowest BCUT2D eigenvalue weighted by molar-refractivity contribution is -0.115. The number of hydrogen-bond acceptors (Lipinski definition) is 4. The van der Waals surface area contributed by atoms with Crippen molar-refractivity contribution in [3.05, 3.63) is 64.6 Å². The van der Waals surface area contributed by atoms with Crippen molar-refractivity contribution in [2.75, 3.05) is 0 Å². The van der Waals surface area contributed by atoms with Crippen LogP contribution in [0, 0.1) is 6.92 Å². The molecule has 0 unspecified atom stereocenters. The molecule has 1 heterocycles. The van der Waals surface area contributed by atoms with Gasteiger partial charge in [-0.15, -0.1) is 0 Å². The highest BCUT2D eigenvalue weighted by Crippen LogP contribution is 2.28. The van der Waals surface area contributed by atoms with Crippen LogP contribution >= 0.6 is 11.8 Å². The van der Waals surface area contributed by atoms with Crippen molar-refractivity contribution in [3.8, 4) is 5.75 Å². The highest BCUT2D eigenvalue weighted by atomic mass is 32.2. The van der Waals surface area contributed by atoms with Gasteiger partial charge in [0.2, 0.25) is 0 Å². The van der Waals surface area contributed by atoms with Crippen LogP contribution in [0.4, 0.5) is 5.69 Å². The summed E-state index contributed by atoms with van der Waals surface area (Å²) in [6.45, 7) is 2.01. The molecule has 1 fully saturated rings. The topological polar surface area (TPSA) is 61.7 Å². The van der Waals surface area contributed by atoms with Crippen LogP contribution in [0.3, 0.4) is 0 Å². The molecule has 1 aliphatic rings. The molecule has 0 atom stereocenters. The Morgan fingerprint density at radius 3 is 2.68 bits per heavy atom. The molecule has 0 aliphatic carbocycles. The molecule has 1 aliphatic heterocycles. The molecule has 2 N–H and O–H groups in total. The molecule has 0 radical (unpaired) electrons. The van der Waals surface area contributed by atoms with Gasteiger partial charge in [0.1, 0.15) is 5.75 Å². The van der Waals surface area contributed by atoms with E-state index in [1.165, 1.54) is 11.8 Å². The number of amides is 1. The molecule has 0 bridgehead atoms. The van der Waals surface area contributed by atoms with Crippen molar-refractivity contribution in [2.45, 2.75) is 6.92 Å². The van der Waals surface area contributed by atoms with Crippen molar-refractivity contribution in [3.63, 3.8) is 0 Å². The SMILES string of the molecule is Cc1ccc(N=C2NC(=O)/C(=C/c3cccc(O)c3)S2)cc1. The summed E-state index contributed by atoms with van der Waals surface area (Å²) in [7, 11) is 0. The minimum atomic E-state index is -0.181. The molecule has 3 rings (SSSR count). The predicted octanol–water partition coefficient (Wildman–Crippen LogP) is 3.59. The van der Waals surface area contributed by atoms with Crippen molar-refractivity contribution < 1.29 is 9.90 Å². The summed E-state index contributed by atoms with van der Waals surface area (Å²) in [5, 5.41) is 12.8. The van der Waals surface area contributed by atoms with E-state index in [0.29, 0.717) is 10.1 Å². The fraction of sp³-hybridized carbons (Fsp3) is 0.0588. The van der Waals surface area contributed by atoms with E-state index in [9.17, 15) is 9.90 Å². The van der Waals surface area contributed by atoms with Crippen LogP contribution in [-0.4, -0.2) is 16.2 Å². The van der Waals surface area contributed by atoms with Gasteiger partial charge in [0.15, 0.2) is 5.17 Å². The first-order valence-corrected chi connectivity index (χ1v) is 7.57. The van der Waals surface area contributed by atoms with Crippen molar-refractivity contribution in [1.29, 1.82) is 0 Å². The number of benzene rings is 2. The number of rotatable bonds is 2. The van der Waals surface area contributed by atoms with E-state index in [2.05, 4.69) is 10.3 Å². The van der Waals surface area contributed by atoms with Crippen LogP contribution in [0.25, 0.3) is 6.08 Å². The van der Waals surface area contributed by atoms with E-state index in [1.807, 2.05) is 37.3 Å². The van der Waals surface area contributed by atoms with Gasteiger partial charge in [-0.1, -0.05) is 29.8 Å². The third-order valence-electron chi connectivity index (χ3n) is 3.08. The van der Waals surface area contributed by atoms with Crippen molar-refractivity contribution in [2.24, 2.45) is 4.99 Å². The number of nitrogens with zero attached hydrogens (tertiary/aromatic N) is 1. The summed E-state index contributed by atoms with van der Waals surface area (Å²) in [6.07, 6.45) is 1.73. The minimum absolute atomic E-state index is 0.173.